The van der Waals surface area contributed by atoms with Gasteiger partial charge in [0.05, 0.1) is 11.0 Å². The predicted molar refractivity (Wildman–Crippen MR) is 136 cm³/mol. The normalized spacial score (nSPS) is 18.7. The van der Waals surface area contributed by atoms with Crippen molar-refractivity contribution in [1.82, 2.24) is 19.4 Å². The van der Waals surface area contributed by atoms with Crippen LogP contribution in [0.4, 0.5) is 0 Å². The van der Waals surface area contributed by atoms with Crippen LogP contribution < -0.4 is 11.0 Å². The molecule has 4 aromatic rings. The number of piperidine rings is 1. The minimum Gasteiger partial charge on any atom is -0.358 e. The van der Waals surface area contributed by atoms with Crippen molar-refractivity contribution in [3.05, 3.63) is 81.2 Å². The van der Waals surface area contributed by atoms with Crippen LogP contribution in [0, 0.1) is 0 Å². The van der Waals surface area contributed by atoms with E-state index in [0.717, 1.165) is 48.4 Å². The summed E-state index contributed by atoms with van der Waals surface area (Å²) in [5.74, 6) is -0.174. The van der Waals surface area contributed by atoms with Crippen molar-refractivity contribution in [3.63, 3.8) is 0 Å². The van der Waals surface area contributed by atoms with E-state index < -0.39 is 0 Å². The van der Waals surface area contributed by atoms with E-state index in [1.165, 1.54) is 21.9 Å². The zero-order valence-corrected chi connectivity index (χ0v) is 19.9. The van der Waals surface area contributed by atoms with E-state index in [-0.39, 0.29) is 30.2 Å². The minimum atomic E-state index is -0.174. The van der Waals surface area contributed by atoms with E-state index in [1.807, 2.05) is 34.9 Å². The molecule has 3 aromatic carbocycles. The van der Waals surface area contributed by atoms with Gasteiger partial charge >= 0.3 is 5.69 Å². The number of fused-ring (bicyclic) bond motifs is 1. The highest BCUT2D eigenvalue weighted by Gasteiger charge is 2.34. The van der Waals surface area contributed by atoms with Gasteiger partial charge in [0.15, 0.2) is 0 Å². The number of para-hydroxylation sites is 2. The number of carbonyl (C=O) groups excluding carboxylic acids is 1. The van der Waals surface area contributed by atoms with Crippen LogP contribution in [0.25, 0.3) is 21.8 Å². The highest BCUT2D eigenvalue weighted by atomic mass is 35.5. The van der Waals surface area contributed by atoms with Gasteiger partial charge in [0.2, 0.25) is 5.91 Å². The van der Waals surface area contributed by atoms with Crippen molar-refractivity contribution in [2.75, 3.05) is 20.1 Å². The quantitative estimate of drug-likeness (QED) is 0.480. The lowest BCUT2D eigenvalue weighted by atomic mass is 9.99. The molecule has 0 spiro atoms. The summed E-state index contributed by atoms with van der Waals surface area (Å²) in [5.41, 5.74) is 4.23. The monoisotopic (exact) mass is 474 g/mol. The number of likely N-dealkylation sites (tertiary alicyclic amines) is 1. The second-order valence-corrected chi connectivity index (χ2v) is 9.77. The molecule has 1 saturated heterocycles. The smallest absolute Gasteiger partial charge is 0.329 e. The van der Waals surface area contributed by atoms with Crippen LogP contribution in [-0.2, 0) is 17.8 Å². The number of amides is 1. The molecular formula is C27H27ClN4O2. The molecule has 6 rings (SSSR count). The SMILES string of the molecule is CNC(=O)Cn1c(=O)n(C2CCN(C3Cc4cccc5ccc(Cl)c3c45)CC2)c2ccccc21. The molecule has 1 aliphatic heterocycles. The average Bonchev–Trinajstić information content (AvgIpc) is 3.39. The molecule has 0 radical (unpaired) electrons. The molecule has 34 heavy (non-hydrogen) atoms. The first-order valence-electron chi connectivity index (χ1n) is 11.9. The molecule has 1 aromatic heterocycles. The lowest BCUT2D eigenvalue weighted by Crippen LogP contribution is -2.40. The molecule has 0 bridgehead atoms. The second-order valence-electron chi connectivity index (χ2n) is 9.36. The van der Waals surface area contributed by atoms with Crippen LogP contribution in [0.3, 0.4) is 0 Å². The van der Waals surface area contributed by atoms with Gasteiger partial charge in [-0.2, -0.15) is 0 Å². The minimum absolute atomic E-state index is 0.0323. The summed E-state index contributed by atoms with van der Waals surface area (Å²) >= 11 is 6.71. The van der Waals surface area contributed by atoms with Crippen molar-refractivity contribution < 1.29 is 4.79 Å². The van der Waals surface area contributed by atoms with Crippen molar-refractivity contribution >= 4 is 39.3 Å². The number of rotatable bonds is 4. The number of halogens is 1. The van der Waals surface area contributed by atoms with Crippen LogP contribution >= 0.6 is 11.6 Å². The van der Waals surface area contributed by atoms with Crippen LogP contribution in [0.2, 0.25) is 5.02 Å². The maximum atomic E-state index is 13.4. The Morgan fingerprint density at radius 3 is 2.56 bits per heavy atom. The fourth-order valence-electron chi connectivity index (χ4n) is 5.99. The molecule has 1 amide bonds. The number of nitrogens with one attached hydrogen (secondary N) is 1. The standard InChI is InChI=1S/C27H27ClN4O2/c1-29-24(33)16-31-21-7-2-3-8-22(21)32(27(31)34)19-11-13-30(14-12-19)23-15-18-6-4-5-17-9-10-20(28)26(23)25(17)18/h2-10,19,23H,11-16H2,1H3,(H,29,33). The number of hydrogen-bond donors (Lipinski definition) is 1. The van der Waals surface area contributed by atoms with Gasteiger partial charge in [-0.25, -0.2) is 4.79 Å². The fourth-order valence-corrected chi connectivity index (χ4v) is 6.28. The summed E-state index contributed by atoms with van der Waals surface area (Å²) in [4.78, 5) is 28.0. The number of hydrogen-bond acceptors (Lipinski definition) is 3. The van der Waals surface area contributed by atoms with Gasteiger partial charge in [0.1, 0.15) is 6.54 Å². The molecule has 2 heterocycles. The van der Waals surface area contributed by atoms with E-state index in [0.29, 0.717) is 0 Å². The van der Waals surface area contributed by atoms with E-state index in [2.05, 4.69) is 34.5 Å². The molecule has 174 valence electrons. The van der Waals surface area contributed by atoms with Gasteiger partial charge in [-0.15, -0.1) is 0 Å². The van der Waals surface area contributed by atoms with E-state index in [4.69, 9.17) is 11.6 Å². The first-order chi connectivity index (χ1) is 16.6. The van der Waals surface area contributed by atoms with Crippen molar-refractivity contribution in [2.45, 2.75) is 37.9 Å². The number of nitrogens with zero attached hydrogens (tertiary/aromatic N) is 3. The third-order valence-corrected chi connectivity index (χ3v) is 7.95. The average molecular weight is 475 g/mol. The van der Waals surface area contributed by atoms with Crippen LogP contribution in [0.1, 0.15) is 36.1 Å². The van der Waals surface area contributed by atoms with Crippen LogP contribution in [-0.4, -0.2) is 40.1 Å². The molecule has 1 N–H and O–H groups in total. The van der Waals surface area contributed by atoms with E-state index >= 15 is 0 Å². The Balaban J connectivity index is 1.29. The highest BCUT2D eigenvalue weighted by Crippen LogP contribution is 2.45. The Morgan fingerprint density at radius 2 is 1.79 bits per heavy atom. The van der Waals surface area contributed by atoms with Crippen molar-refractivity contribution in [1.29, 1.82) is 0 Å². The summed E-state index contributed by atoms with van der Waals surface area (Å²) in [5, 5.41) is 6.04. The maximum Gasteiger partial charge on any atom is 0.329 e. The van der Waals surface area contributed by atoms with E-state index in [9.17, 15) is 9.59 Å². The Labute approximate surface area is 202 Å². The predicted octanol–water partition coefficient (Wildman–Crippen LogP) is 4.29. The largest absolute Gasteiger partial charge is 0.358 e. The summed E-state index contributed by atoms with van der Waals surface area (Å²) in [6, 6.07) is 18.8. The lowest BCUT2D eigenvalue weighted by molar-refractivity contribution is -0.121. The Hall–Kier alpha value is -3.09. The number of aromatic nitrogens is 2. The topological polar surface area (TPSA) is 59.3 Å². The van der Waals surface area contributed by atoms with Gasteiger partial charge in [0, 0.05) is 37.2 Å². The molecule has 2 aliphatic rings. The molecule has 1 fully saturated rings. The van der Waals surface area contributed by atoms with Gasteiger partial charge in [0.25, 0.3) is 0 Å². The molecule has 7 heteroatoms. The summed E-state index contributed by atoms with van der Waals surface area (Å²) in [6.07, 6.45) is 2.75. The number of likely N-dealkylation sites (N-methyl/N-ethyl adjacent to an activating group) is 1. The highest BCUT2D eigenvalue weighted by molar-refractivity contribution is 6.32. The molecule has 1 aliphatic carbocycles. The maximum absolute atomic E-state index is 13.4. The zero-order valence-electron chi connectivity index (χ0n) is 19.1. The van der Waals surface area contributed by atoms with Gasteiger partial charge in [-0.05, 0) is 59.4 Å². The fraction of sp³-hybridized carbons (Fsp3) is 0.333. The van der Waals surface area contributed by atoms with Gasteiger partial charge in [-0.1, -0.05) is 48.0 Å². The summed E-state index contributed by atoms with van der Waals surface area (Å²) in [6.45, 7) is 1.83. The molecular weight excluding hydrogens is 448 g/mol. The Kier molecular flexibility index (Phi) is 5.23. The number of benzene rings is 3. The number of imidazole rings is 1. The third kappa shape index (κ3) is 3.28. The molecule has 1 atom stereocenters. The van der Waals surface area contributed by atoms with Gasteiger partial charge < -0.3 is 5.32 Å². The second kappa shape index (κ2) is 8.29. The van der Waals surface area contributed by atoms with Crippen LogP contribution in [0.5, 0.6) is 0 Å². The summed E-state index contributed by atoms with van der Waals surface area (Å²) < 4.78 is 3.50. The van der Waals surface area contributed by atoms with Crippen molar-refractivity contribution in [3.8, 4) is 0 Å². The van der Waals surface area contributed by atoms with Crippen LogP contribution in [0.15, 0.2) is 59.4 Å². The molecule has 6 nitrogen and oxygen atoms in total. The summed E-state index contributed by atoms with van der Waals surface area (Å²) in [7, 11) is 1.59. The Bertz CT molecular complexity index is 1480. The third-order valence-electron chi connectivity index (χ3n) is 7.62. The first-order valence-corrected chi connectivity index (χ1v) is 12.3. The van der Waals surface area contributed by atoms with Crippen molar-refractivity contribution in [2.24, 2.45) is 0 Å². The molecule has 0 saturated carbocycles. The van der Waals surface area contributed by atoms with E-state index in [1.54, 1.807) is 11.6 Å². The first kappa shape index (κ1) is 21.4. The lowest BCUT2D eigenvalue weighted by Gasteiger charge is -2.37. The Morgan fingerprint density at radius 1 is 1.03 bits per heavy atom. The number of carbonyl (C=O) groups is 1. The molecule has 1 unspecified atom stereocenters. The van der Waals surface area contributed by atoms with Gasteiger partial charge in [-0.3, -0.25) is 18.8 Å². The zero-order chi connectivity index (χ0) is 23.4.